The van der Waals surface area contributed by atoms with Gasteiger partial charge in [0.1, 0.15) is 22.9 Å². The first-order valence-electron chi connectivity index (χ1n) is 7.26. The molecule has 25 heavy (non-hydrogen) atoms. The molecule has 0 atom stereocenters. The second kappa shape index (κ2) is 8.48. The SMILES string of the molecule is CCOC(=O)CN(C(=O)OC(C)(C)C)c1ccc(Br)c(Cl)c1[N+](=O)[O-]. The van der Waals surface area contributed by atoms with Crippen LogP contribution in [0.1, 0.15) is 27.7 Å². The fourth-order valence-electron chi connectivity index (χ4n) is 1.82. The Kier molecular flexibility index (Phi) is 7.18. The molecule has 1 amide bonds. The third kappa shape index (κ3) is 5.86. The third-order valence-corrected chi connectivity index (χ3v) is 4.00. The van der Waals surface area contributed by atoms with Crippen LogP contribution in [0.5, 0.6) is 0 Å². The van der Waals surface area contributed by atoms with Crippen LogP contribution in [-0.2, 0) is 14.3 Å². The minimum absolute atomic E-state index is 0.101. The van der Waals surface area contributed by atoms with Crippen molar-refractivity contribution in [2.45, 2.75) is 33.3 Å². The molecule has 0 aliphatic heterocycles. The number of carbonyl (C=O) groups excluding carboxylic acids is 2. The van der Waals surface area contributed by atoms with Gasteiger partial charge in [0.25, 0.3) is 0 Å². The van der Waals surface area contributed by atoms with Gasteiger partial charge in [0, 0.05) is 4.47 Å². The highest BCUT2D eigenvalue weighted by Gasteiger charge is 2.33. The maximum atomic E-state index is 12.5. The summed E-state index contributed by atoms with van der Waals surface area (Å²) in [5.74, 6) is -0.735. The third-order valence-electron chi connectivity index (χ3n) is 2.73. The smallest absolute Gasteiger partial charge is 0.415 e. The van der Waals surface area contributed by atoms with Crippen molar-refractivity contribution >= 4 is 51.0 Å². The van der Waals surface area contributed by atoms with Crippen molar-refractivity contribution in [1.29, 1.82) is 0 Å². The predicted molar refractivity (Wildman–Crippen MR) is 96.0 cm³/mol. The van der Waals surface area contributed by atoms with Crippen LogP contribution in [0.2, 0.25) is 5.02 Å². The quantitative estimate of drug-likeness (QED) is 0.386. The number of hydrogen-bond donors (Lipinski definition) is 0. The summed E-state index contributed by atoms with van der Waals surface area (Å²) in [6.07, 6.45) is -0.929. The van der Waals surface area contributed by atoms with Crippen molar-refractivity contribution < 1.29 is 24.0 Å². The van der Waals surface area contributed by atoms with Gasteiger partial charge in [-0.05, 0) is 55.8 Å². The lowest BCUT2D eigenvalue weighted by Gasteiger charge is -2.26. The minimum atomic E-state index is -0.929. The second-order valence-electron chi connectivity index (χ2n) is 5.86. The molecule has 0 aromatic heterocycles. The highest BCUT2D eigenvalue weighted by molar-refractivity contribution is 9.10. The van der Waals surface area contributed by atoms with Gasteiger partial charge in [-0.1, -0.05) is 11.6 Å². The molecule has 1 aromatic rings. The predicted octanol–water partition coefficient (Wildman–Crippen LogP) is 4.32. The normalized spacial score (nSPS) is 11.0. The van der Waals surface area contributed by atoms with E-state index in [-0.39, 0.29) is 21.8 Å². The van der Waals surface area contributed by atoms with Gasteiger partial charge in [-0.25, -0.2) is 4.79 Å². The van der Waals surface area contributed by atoms with Gasteiger partial charge in [-0.15, -0.1) is 0 Å². The van der Waals surface area contributed by atoms with E-state index in [2.05, 4.69) is 15.9 Å². The molecular weight excluding hydrogens is 420 g/mol. The molecule has 0 heterocycles. The highest BCUT2D eigenvalue weighted by Crippen LogP contribution is 2.40. The molecule has 0 spiro atoms. The molecule has 0 aliphatic carbocycles. The van der Waals surface area contributed by atoms with E-state index in [0.29, 0.717) is 0 Å². The summed E-state index contributed by atoms with van der Waals surface area (Å²) in [6, 6.07) is 2.74. The Labute approximate surface area is 158 Å². The van der Waals surface area contributed by atoms with E-state index in [0.717, 1.165) is 4.90 Å². The van der Waals surface area contributed by atoms with Crippen LogP contribution in [0.4, 0.5) is 16.2 Å². The summed E-state index contributed by atoms with van der Waals surface area (Å²) in [5, 5.41) is 11.2. The first-order chi connectivity index (χ1) is 11.5. The molecule has 138 valence electrons. The topological polar surface area (TPSA) is 99.0 Å². The van der Waals surface area contributed by atoms with Crippen molar-refractivity contribution in [3.05, 3.63) is 31.7 Å². The Balaban J connectivity index is 3.41. The van der Waals surface area contributed by atoms with E-state index in [4.69, 9.17) is 21.1 Å². The van der Waals surface area contributed by atoms with Crippen LogP contribution in [0.25, 0.3) is 0 Å². The van der Waals surface area contributed by atoms with E-state index in [9.17, 15) is 19.7 Å². The van der Waals surface area contributed by atoms with Gasteiger partial charge in [0.2, 0.25) is 0 Å². The van der Waals surface area contributed by atoms with Gasteiger partial charge < -0.3 is 9.47 Å². The van der Waals surface area contributed by atoms with Gasteiger partial charge in [-0.2, -0.15) is 0 Å². The summed E-state index contributed by atoms with van der Waals surface area (Å²) < 4.78 is 10.4. The Bertz CT molecular complexity index is 689. The molecule has 0 unspecified atom stereocenters. The van der Waals surface area contributed by atoms with Gasteiger partial charge in [-0.3, -0.25) is 19.8 Å². The average molecular weight is 438 g/mol. The second-order valence-corrected chi connectivity index (χ2v) is 7.09. The summed E-state index contributed by atoms with van der Waals surface area (Å²) in [4.78, 5) is 35.9. The van der Waals surface area contributed by atoms with E-state index < -0.39 is 34.8 Å². The zero-order chi connectivity index (χ0) is 19.4. The molecule has 0 aliphatic rings. The van der Waals surface area contributed by atoms with Crippen LogP contribution in [0.3, 0.4) is 0 Å². The zero-order valence-electron chi connectivity index (χ0n) is 14.2. The molecule has 0 radical (unpaired) electrons. The van der Waals surface area contributed by atoms with Gasteiger partial charge >= 0.3 is 17.7 Å². The van der Waals surface area contributed by atoms with Crippen LogP contribution < -0.4 is 4.90 Å². The molecule has 1 rings (SSSR count). The Hall–Kier alpha value is -1.87. The van der Waals surface area contributed by atoms with Gasteiger partial charge in [0.15, 0.2) is 0 Å². The number of nitro groups is 1. The number of carbonyl (C=O) groups is 2. The molecule has 8 nitrogen and oxygen atoms in total. The van der Waals surface area contributed by atoms with E-state index in [1.165, 1.54) is 12.1 Å². The number of anilines is 1. The number of halogens is 2. The average Bonchev–Trinajstić information content (AvgIpc) is 2.45. The van der Waals surface area contributed by atoms with Crippen molar-refractivity contribution in [2.75, 3.05) is 18.1 Å². The van der Waals surface area contributed by atoms with Crippen LogP contribution in [0, 0.1) is 10.1 Å². The molecule has 0 saturated carbocycles. The summed E-state index contributed by atoms with van der Waals surface area (Å²) in [6.45, 7) is 6.06. The molecule has 0 fully saturated rings. The molecule has 1 aromatic carbocycles. The fourth-order valence-corrected chi connectivity index (χ4v) is 2.37. The lowest BCUT2D eigenvalue weighted by molar-refractivity contribution is -0.384. The number of nitrogens with zero attached hydrogens (tertiary/aromatic N) is 2. The molecule has 0 bridgehead atoms. The number of benzene rings is 1. The number of amides is 1. The first-order valence-corrected chi connectivity index (χ1v) is 8.43. The van der Waals surface area contributed by atoms with Crippen LogP contribution in [-0.4, -0.2) is 35.7 Å². The lowest BCUT2D eigenvalue weighted by Crippen LogP contribution is -2.40. The van der Waals surface area contributed by atoms with Crippen molar-refractivity contribution in [3.8, 4) is 0 Å². The van der Waals surface area contributed by atoms with E-state index in [1.807, 2.05) is 0 Å². The minimum Gasteiger partial charge on any atom is -0.465 e. The van der Waals surface area contributed by atoms with Crippen LogP contribution >= 0.6 is 27.5 Å². The zero-order valence-corrected chi connectivity index (χ0v) is 16.5. The number of rotatable bonds is 5. The standard InChI is InChI=1S/C15H18BrClN2O6/c1-5-24-11(20)8-18(14(21)25-15(2,3)4)10-7-6-9(16)12(17)13(10)19(22)23/h6-7H,5,8H2,1-4H3. The maximum absolute atomic E-state index is 12.5. The highest BCUT2D eigenvalue weighted by atomic mass is 79.9. The molecular formula is C15H18BrClN2O6. The van der Waals surface area contributed by atoms with Crippen LogP contribution in [0.15, 0.2) is 16.6 Å². The van der Waals surface area contributed by atoms with E-state index in [1.54, 1.807) is 27.7 Å². The Morgan fingerprint density at radius 3 is 2.44 bits per heavy atom. The summed E-state index contributed by atoms with van der Waals surface area (Å²) >= 11 is 9.09. The summed E-state index contributed by atoms with van der Waals surface area (Å²) in [5.41, 5.74) is -1.55. The molecule has 10 heteroatoms. The largest absolute Gasteiger partial charge is 0.465 e. The fraction of sp³-hybridized carbons (Fsp3) is 0.467. The lowest BCUT2D eigenvalue weighted by atomic mass is 10.2. The number of esters is 1. The molecule has 0 saturated heterocycles. The first kappa shape index (κ1) is 21.2. The van der Waals surface area contributed by atoms with Crippen molar-refractivity contribution in [3.63, 3.8) is 0 Å². The van der Waals surface area contributed by atoms with Crippen molar-refractivity contribution in [2.24, 2.45) is 0 Å². The number of nitro benzene ring substituents is 1. The number of ether oxygens (including phenoxy) is 2. The van der Waals surface area contributed by atoms with Gasteiger partial charge in [0.05, 0.1) is 11.5 Å². The van der Waals surface area contributed by atoms with E-state index >= 15 is 0 Å². The van der Waals surface area contributed by atoms with Crippen molar-refractivity contribution in [1.82, 2.24) is 0 Å². The molecule has 0 N–H and O–H groups in total. The monoisotopic (exact) mass is 436 g/mol. The summed E-state index contributed by atoms with van der Waals surface area (Å²) in [7, 11) is 0. The maximum Gasteiger partial charge on any atom is 0.415 e. The Morgan fingerprint density at radius 1 is 1.36 bits per heavy atom. The Morgan fingerprint density at radius 2 is 1.96 bits per heavy atom. The number of hydrogen-bond acceptors (Lipinski definition) is 6.